The molecular formula is C11H15NOS. The van der Waals surface area contributed by atoms with Crippen LogP contribution in [0, 0.1) is 0 Å². The van der Waals surface area contributed by atoms with E-state index in [1.54, 1.807) is 0 Å². The van der Waals surface area contributed by atoms with Crippen LogP contribution in [0.15, 0.2) is 23.1 Å². The van der Waals surface area contributed by atoms with Gasteiger partial charge in [-0.3, -0.25) is 0 Å². The number of rotatable bonds is 3. The quantitative estimate of drug-likeness (QED) is 0.775. The van der Waals surface area contributed by atoms with Gasteiger partial charge in [0.15, 0.2) is 0 Å². The fourth-order valence-corrected chi connectivity index (χ4v) is 2.96. The number of fused-ring (bicyclic) bond motifs is 1. The summed E-state index contributed by atoms with van der Waals surface area (Å²) in [7, 11) is 0. The van der Waals surface area contributed by atoms with E-state index in [1.807, 2.05) is 11.8 Å². The number of nitrogens with two attached hydrogens (primary N) is 1. The van der Waals surface area contributed by atoms with Crippen molar-refractivity contribution >= 4 is 11.8 Å². The van der Waals surface area contributed by atoms with E-state index >= 15 is 0 Å². The normalized spacial score (nSPS) is 15.2. The third-order valence-electron chi connectivity index (χ3n) is 2.55. The third kappa shape index (κ3) is 2.11. The molecule has 1 aromatic carbocycles. The summed E-state index contributed by atoms with van der Waals surface area (Å²) in [6.07, 6.45) is 3.43. The first-order valence-electron chi connectivity index (χ1n) is 4.97. The van der Waals surface area contributed by atoms with Crippen LogP contribution in [0.2, 0.25) is 0 Å². The Hall–Kier alpha value is -0.510. The molecule has 76 valence electrons. The lowest BCUT2D eigenvalue weighted by molar-refractivity contribution is 0.141. The van der Waals surface area contributed by atoms with Crippen LogP contribution >= 0.6 is 11.8 Å². The first-order valence-corrected chi connectivity index (χ1v) is 5.95. The number of hydrogen-bond donors (Lipinski definition) is 1. The molecule has 1 heterocycles. The largest absolute Gasteiger partial charge is 0.304 e. The molecule has 2 N–H and O–H groups in total. The molecule has 0 saturated heterocycles. The van der Waals surface area contributed by atoms with Gasteiger partial charge in [-0.2, -0.15) is 0 Å². The maximum Gasteiger partial charge on any atom is 0.0719 e. The molecule has 1 aliphatic heterocycles. The summed E-state index contributed by atoms with van der Waals surface area (Å²) < 4.78 is 0. The Balaban J connectivity index is 2.21. The highest BCUT2D eigenvalue weighted by Crippen LogP contribution is 2.32. The smallest absolute Gasteiger partial charge is 0.0719 e. The monoisotopic (exact) mass is 209 g/mol. The predicted octanol–water partition coefficient (Wildman–Crippen LogP) is 2.16. The highest BCUT2D eigenvalue weighted by atomic mass is 32.2. The van der Waals surface area contributed by atoms with Gasteiger partial charge in [-0.15, -0.1) is 11.8 Å². The summed E-state index contributed by atoms with van der Waals surface area (Å²) in [5.74, 6) is 6.30. The third-order valence-corrected chi connectivity index (χ3v) is 3.73. The molecule has 0 unspecified atom stereocenters. The van der Waals surface area contributed by atoms with Crippen molar-refractivity contribution in [3.8, 4) is 0 Å². The second-order valence-corrected chi connectivity index (χ2v) is 4.60. The first kappa shape index (κ1) is 10.0. The Labute approximate surface area is 88.8 Å². The molecule has 0 radical (unpaired) electrons. The fraction of sp³-hybridized carbons (Fsp3) is 0.455. The lowest BCUT2D eigenvalue weighted by Gasteiger charge is -2.18. The number of hydrogen-bond acceptors (Lipinski definition) is 3. The number of thioether (sulfide) groups is 1. The highest BCUT2D eigenvalue weighted by molar-refractivity contribution is 7.99. The number of benzene rings is 1. The van der Waals surface area contributed by atoms with Crippen molar-refractivity contribution in [2.24, 2.45) is 5.90 Å². The van der Waals surface area contributed by atoms with Gasteiger partial charge in [-0.25, -0.2) is 5.90 Å². The Bertz CT molecular complexity index is 314. The van der Waals surface area contributed by atoms with Crippen LogP contribution in [-0.2, 0) is 17.7 Å². The summed E-state index contributed by atoms with van der Waals surface area (Å²) in [5, 5.41) is 0. The van der Waals surface area contributed by atoms with Gasteiger partial charge in [0.2, 0.25) is 0 Å². The van der Waals surface area contributed by atoms with Gasteiger partial charge in [0.1, 0.15) is 0 Å². The van der Waals surface area contributed by atoms with Gasteiger partial charge < -0.3 is 4.84 Å². The van der Waals surface area contributed by atoms with Crippen LogP contribution < -0.4 is 5.90 Å². The zero-order valence-corrected chi connectivity index (χ0v) is 8.98. The molecule has 0 bridgehead atoms. The predicted molar refractivity (Wildman–Crippen MR) is 59.3 cm³/mol. The second kappa shape index (κ2) is 4.82. The molecule has 0 aliphatic carbocycles. The summed E-state index contributed by atoms with van der Waals surface area (Å²) in [6.45, 7) is 0.612. The molecule has 0 fully saturated rings. The van der Waals surface area contributed by atoms with Crippen LogP contribution in [0.5, 0.6) is 0 Å². The standard InChI is InChI=1S/C11H15NOS/c12-13-7-6-9-3-1-5-11-10(9)4-2-8-14-11/h1,3,5H,2,4,6-8,12H2. The molecule has 0 atom stereocenters. The van der Waals surface area contributed by atoms with E-state index < -0.39 is 0 Å². The molecule has 0 saturated carbocycles. The Morgan fingerprint density at radius 3 is 3.21 bits per heavy atom. The van der Waals surface area contributed by atoms with Crippen LogP contribution in [0.25, 0.3) is 0 Å². The molecule has 2 rings (SSSR count). The van der Waals surface area contributed by atoms with Crippen molar-refractivity contribution in [1.29, 1.82) is 0 Å². The van der Waals surface area contributed by atoms with Gasteiger partial charge in [0.05, 0.1) is 6.61 Å². The minimum atomic E-state index is 0.612. The van der Waals surface area contributed by atoms with Crippen LogP contribution in [0.3, 0.4) is 0 Å². The average molecular weight is 209 g/mol. The van der Waals surface area contributed by atoms with Crippen molar-refractivity contribution in [1.82, 2.24) is 0 Å². The van der Waals surface area contributed by atoms with Gasteiger partial charge in [-0.05, 0) is 42.2 Å². The Kier molecular flexibility index (Phi) is 3.45. The molecular weight excluding hydrogens is 194 g/mol. The van der Waals surface area contributed by atoms with Gasteiger partial charge >= 0.3 is 0 Å². The molecule has 14 heavy (non-hydrogen) atoms. The molecule has 1 aliphatic rings. The van der Waals surface area contributed by atoms with Gasteiger partial charge in [0.25, 0.3) is 0 Å². The van der Waals surface area contributed by atoms with E-state index in [0.717, 1.165) is 6.42 Å². The maximum atomic E-state index is 5.05. The average Bonchev–Trinajstić information content (AvgIpc) is 2.26. The van der Waals surface area contributed by atoms with Crippen molar-refractivity contribution in [3.63, 3.8) is 0 Å². The fourth-order valence-electron chi connectivity index (χ4n) is 1.86. The lowest BCUT2D eigenvalue weighted by Crippen LogP contribution is -2.08. The van der Waals surface area contributed by atoms with E-state index in [1.165, 1.54) is 34.6 Å². The zero-order chi connectivity index (χ0) is 9.80. The SMILES string of the molecule is NOCCc1cccc2c1CCCS2. The second-order valence-electron chi connectivity index (χ2n) is 3.47. The Morgan fingerprint density at radius 1 is 1.43 bits per heavy atom. The van der Waals surface area contributed by atoms with E-state index in [2.05, 4.69) is 23.0 Å². The van der Waals surface area contributed by atoms with Gasteiger partial charge in [0, 0.05) is 4.90 Å². The van der Waals surface area contributed by atoms with Crippen LogP contribution in [0.1, 0.15) is 17.5 Å². The van der Waals surface area contributed by atoms with Crippen molar-refractivity contribution in [3.05, 3.63) is 29.3 Å². The Morgan fingerprint density at radius 2 is 2.36 bits per heavy atom. The minimum Gasteiger partial charge on any atom is -0.304 e. The minimum absolute atomic E-state index is 0.612. The summed E-state index contributed by atoms with van der Waals surface area (Å²) in [5.41, 5.74) is 2.92. The van der Waals surface area contributed by atoms with Crippen molar-refractivity contribution in [2.45, 2.75) is 24.2 Å². The summed E-state index contributed by atoms with van der Waals surface area (Å²) >= 11 is 1.96. The lowest BCUT2D eigenvalue weighted by atomic mass is 10.0. The first-order chi connectivity index (χ1) is 6.92. The van der Waals surface area contributed by atoms with Crippen LogP contribution in [0.4, 0.5) is 0 Å². The van der Waals surface area contributed by atoms with E-state index in [-0.39, 0.29) is 0 Å². The van der Waals surface area contributed by atoms with E-state index in [4.69, 9.17) is 5.90 Å². The molecule has 2 nitrogen and oxygen atoms in total. The summed E-state index contributed by atoms with van der Waals surface area (Å²) in [6, 6.07) is 6.53. The van der Waals surface area contributed by atoms with E-state index in [0.29, 0.717) is 6.61 Å². The summed E-state index contributed by atoms with van der Waals surface area (Å²) in [4.78, 5) is 6.08. The van der Waals surface area contributed by atoms with E-state index in [9.17, 15) is 0 Å². The molecule has 3 heteroatoms. The van der Waals surface area contributed by atoms with Crippen molar-refractivity contribution in [2.75, 3.05) is 12.4 Å². The van der Waals surface area contributed by atoms with Crippen LogP contribution in [-0.4, -0.2) is 12.4 Å². The maximum absolute atomic E-state index is 5.05. The molecule has 1 aromatic rings. The molecule has 0 aromatic heterocycles. The highest BCUT2D eigenvalue weighted by Gasteiger charge is 2.12. The van der Waals surface area contributed by atoms with Crippen molar-refractivity contribution < 1.29 is 4.84 Å². The van der Waals surface area contributed by atoms with Gasteiger partial charge in [-0.1, -0.05) is 12.1 Å². The molecule has 0 amide bonds. The molecule has 0 spiro atoms. The topological polar surface area (TPSA) is 35.2 Å². The zero-order valence-electron chi connectivity index (χ0n) is 8.16.